The number of hydrogen-bond donors (Lipinski definition) is 1. The van der Waals surface area contributed by atoms with Gasteiger partial charge in [-0.25, -0.2) is 18.2 Å². The van der Waals surface area contributed by atoms with Crippen molar-refractivity contribution < 1.29 is 22.7 Å². The van der Waals surface area contributed by atoms with E-state index in [1.807, 2.05) is 0 Å². The van der Waals surface area contributed by atoms with Crippen molar-refractivity contribution in [1.29, 1.82) is 0 Å². The van der Waals surface area contributed by atoms with Crippen LogP contribution in [0.15, 0.2) is 6.20 Å². The van der Waals surface area contributed by atoms with Crippen molar-refractivity contribution in [1.82, 2.24) is 9.88 Å². The molecule has 0 saturated carbocycles. The molecule has 10 heteroatoms. The van der Waals surface area contributed by atoms with Crippen molar-refractivity contribution in [3.8, 4) is 5.06 Å². The first-order valence-corrected chi connectivity index (χ1v) is 9.10. The third kappa shape index (κ3) is 4.83. The highest BCUT2D eigenvalue weighted by molar-refractivity contribution is 7.90. The topological polar surface area (TPSA) is 97.8 Å². The minimum Gasteiger partial charge on any atom is -0.486 e. The van der Waals surface area contributed by atoms with Gasteiger partial charge in [-0.05, 0) is 0 Å². The van der Waals surface area contributed by atoms with Crippen LogP contribution in [0.4, 0.5) is 9.93 Å². The van der Waals surface area contributed by atoms with Crippen LogP contribution >= 0.6 is 11.3 Å². The fourth-order valence-corrected chi connectivity index (χ4v) is 3.42. The maximum Gasteiger partial charge on any atom is 0.323 e. The first-order chi connectivity index (χ1) is 9.87. The van der Waals surface area contributed by atoms with E-state index in [1.54, 1.807) is 0 Å². The lowest BCUT2D eigenvalue weighted by Gasteiger charge is -2.32. The van der Waals surface area contributed by atoms with Crippen molar-refractivity contribution in [2.24, 2.45) is 0 Å². The number of thiazole rings is 1. The highest BCUT2D eigenvalue weighted by Crippen LogP contribution is 2.25. The van der Waals surface area contributed by atoms with Gasteiger partial charge in [-0.1, -0.05) is 11.3 Å². The molecule has 2 heterocycles. The van der Waals surface area contributed by atoms with E-state index in [9.17, 15) is 13.2 Å². The van der Waals surface area contributed by atoms with Gasteiger partial charge in [0.1, 0.15) is 9.84 Å². The zero-order valence-electron chi connectivity index (χ0n) is 11.7. The van der Waals surface area contributed by atoms with E-state index in [0.717, 1.165) is 6.26 Å². The van der Waals surface area contributed by atoms with Crippen LogP contribution in [-0.2, 0) is 14.6 Å². The average molecular weight is 335 g/mol. The number of rotatable bonds is 4. The number of morpholine rings is 1. The molecule has 2 rings (SSSR count). The van der Waals surface area contributed by atoms with Crippen molar-refractivity contribution in [3.63, 3.8) is 0 Å². The SMILES string of the molecule is COc1cnc(NC(=O)N2CCO[C@@H](CS(C)(=O)=O)C2)s1. The van der Waals surface area contributed by atoms with Gasteiger partial charge in [0.15, 0.2) is 10.2 Å². The molecule has 0 radical (unpaired) electrons. The highest BCUT2D eigenvalue weighted by Gasteiger charge is 2.27. The number of methoxy groups -OCH3 is 1. The second kappa shape index (κ2) is 6.58. The normalized spacial score (nSPS) is 19.3. The number of carbonyl (C=O) groups is 1. The van der Waals surface area contributed by atoms with Crippen molar-refractivity contribution in [3.05, 3.63) is 6.20 Å². The number of nitrogens with zero attached hydrogens (tertiary/aromatic N) is 2. The average Bonchev–Trinajstić information content (AvgIpc) is 2.84. The molecule has 0 spiro atoms. The molecule has 1 aliphatic rings. The molecule has 8 nitrogen and oxygen atoms in total. The Balaban J connectivity index is 1.92. The van der Waals surface area contributed by atoms with Crippen molar-refractivity contribution in [2.45, 2.75) is 6.10 Å². The summed E-state index contributed by atoms with van der Waals surface area (Å²) in [4.78, 5) is 17.6. The number of sulfone groups is 1. The van der Waals surface area contributed by atoms with Crippen LogP contribution in [0, 0.1) is 0 Å². The van der Waals surface area contributed by atoms with E-state index < -0.39 is 15.9 Å². The van der Waals surface area contributed by atoms with Crippen LogP contribution in [0.25, 0.3) is 0 Å². The Bertz CT molecular complexity index is 601. The first kappa shape index (κ1) is 16.0. The Morgan fingerprint density at radius 3 is 3.05 bits per heavy atom. The molecule has 1 atom stereocenters. The van der Waals surface area contributed by atoms with Gasteiger partial charge < -0.3 is 14.4 Å². The number of anilines is 1. The summed E-state index contributed by atoms with van der Waals surface area (Å²) in [6.45, 7) is 0.963. The number of nitrogens with one attached hydrogen (secondary N) is 1. The fraction of sp³-hybridized carbons (Fsp3) is 0.636. The molecule has 1 aliphatic heterocycles. The van der Waals surface area contributed by atoms with Crippen LogP contribution in [-0.4, -0.2) is 69.3 Å². The Morgan fingerprint density at radius 1 is 1.67 bits per heavy atom. The Morgan fingerprint density at radius 2 is 2.43 bits per heavy atom. The number of amides is 2. The second-order valence-electron chi connectivity index (χ2n) is 4.65. The quantitative estimate of drug-likeness (QED) is 0.857. The first-order valence-electron chi connectivity index (χ1n) is 6.22. The molecule has 1 aromatic rings. The molecule has 0 unspecified atom stereocenters. The summed E-state index contributed by atoms with van der Waals surface area (Å²) in [6, 6.07) is -0.325. The van der Waals surface area contributed by atoms with Crippen LogP contribution in [0.3, 0.4) is 0 Å². The van der Waals surface area contributed by atoms with Crippen molar-refractivity contribution in [2.75, 3.05) is 44.1 Å². The van der Waals surface area contributed by atoms with Crippen molar-refractivity contribution >= 4 is 32.3 Å². The summed E-state index contributed by atoms with van der Waals surface area (Å²) >= 11 is 1.22. The molecular formula is C11H17N3O5S2. The maximum atomic E-state index is 12.1. The molecule has 1 N–H and O–H groups in total. The van der Waals surface area contributed by atoms with Crippen LogP contribution in [0.2, 0.25) is 0 Å². The van der Waals surface area contributed by atoms with Gasteiger partial charge in [0.05, 0.1) is 31.8 Å². The molecule has 2 amide bonds. The monoisotopic (exact) mass is 335 g/mol. The van der Waals surface area contributed by atoms with Gasteiger partial charge >= 0.3 is 6.03 Å². The molecule has 0 bridgehead atoms. The van der Waals surface area contributed by atoms with Gasteiger partial charge in [-0.3, -0.25) is 5.32 Å². The molecule has 0 aliphatic carbocycles. The summed E-state index contributed by atoms with van der Waals surface area (Å²) < 4.78 is 32.9. The van der Waals surface area contributed by atoms with E-state index in [-0.39, 0.29) is 18.3 Å². The zero-order chi connectivity index (χ0) is 15.5. The fourth-order valence-electron chi connectivity index (χ4n) is 1.92. The molecule has 118 valence electrons. The van der Waals surface area contributed by atoms with E-state index >= 15 is 0 Å². The number of hydrogen-bond acceptors (Lipinski definition) is 7. The lowest BCUT2D eigenvalue weighted by atomic mass is 10.3. The molecule has 1 saturated heterocycles. The van der Waals surface area contributed by atoms with Crippen LogP contribution < -0.4 is 10.1 Å². The second-order valence-corrected chi connectivity index (χ2v) is 7.83. The largest absolute Gasteiger partial charge is 0.486 e. The number of carbonyl (C=O) groups excluding carboxylic acids is 1. The third-order valence-corrected chi connectivity index (χ3v) is 4.67. The Hall–Kier alpha value is -1.39. The minimum absolute atomic E-state index is 0.0954. The smallest absolute Gasteiger partial charge is 0.323 e. The van der Waals surface area contributed by atoms with E-state index in [1.165, 1.54) is 29.5 Å². The van der Waals surface area contributed by atoms with E-state index in [2.05, 4.69) is 10.3 Å². The molecule has 1 fully saturated rings. The van der Waals surface area contributed by atoms with Gasteiger partial charge in [-0.15, -0.1) is 0 Å². The van der Waals surface area contributed by atoms with Gasteiger partial charge in [0.25, 0.3) is 0 Å². The molecule has 0 aromatic carbocycles. The molecular weight excluding hydrogens is 318 g/mol. The lowest BCUT2D eigenvalue weighted by Crippen LogP contribution is -2.49. The summed E-state index contributed by atoms with van der Waals surface area (Å²) in [5.41, 5.74) is 0. The van der Waals surface area contributed by atoms with Crippen LogP contribution in [0.5, 0.6) is 5.06 Å². The van der Waals surface area contributed by atoms with E-state index in [4.69, 9.17) is 9.47 Å². The summed E-state index contributed by atoms with van der Waals surface area (Å²) in [5, 5.41) is 3.69. The van der Waals surface area contributed by atoms with Gasteiger partial charge in [0, 0.05) is 19.3 Å². The van der Waals surface area contributed by atoms with E-state index in [0.29, 0.717) is 23.3 Å². The zero-order valence-corrected chi connectivity index (χ0v) is 13.4. The summed E-state index contributed by atoms with van der Waals surface area (Å²) in [7, 11) is -1.62. The highest BCUT2D eigenvalue weighted by atomic mass is 32.2. The Labute approximate surface area is 127 Å². The Kier molecular flexibility index (Phi) is 5.01. The lowest BCUT2D eigenvalue weighted by molar-refractivity contribution is 0.000459. The predicted octanol–water partition coefficient (Wildman–Crippen LogP) is 0.429. The molecule has 21 heavy (non-hydrogen) atoms. The standard InChI is InChI=1S/C11H17N3O5S2/c1-18-9-5-12-10(20-9)13-11(15)14-3-4-19-8(6-14)7-21(2,16)17/h5,8H,3-4,6-7H2,1-2H3,(H,12,13,15)/t8-/m1/s1. The van der Waals surface area contributed by atoms with Crippen LogP contribution in [0.1, 0.15) is 0 Å². The van der Waals surface area contributed by atoms with Gasteiger partial charge in [0.2, 0.25) is 0 Å². The minimum atomic E-state index is -3.14. The molecule has 1 aromatic heterocycles. The third-order valence-electron chi connectivity index (χ3n) is 2.81. The summed E-state index contributed by atoms with van der Waals surface area (Å²) in [6.07, 6.45) is 2.17. The number of aromatic nitrogens is 1. The van der Waals surface area contributed by atoms with Gasteiger partial charge in [-0.2, -0.15) is 0 Å². The maximum absolute atomic E-state index is 12.1. The number of urea groups is 1. The summed E-state index contributed by atoms with van der Waals surface area (Å²) in [5.74, 6) is -0.0954. The number of ether oxygens (including phenoxy) is 2. The predicted molar refractivity (Wildman–Crippen MR) is 78.7 cm³/mol.